The van der Waals surface area contributed by atoms with Crippen LogP contribution in [0.15, 0.2) is 47.1 Å². The van der Waals surface area contributed by atoms with Gasteiger partial charge in [-0.05, 0) is 44.8 Å². The minimum absolute atomic E-state index is 0.0977. The molecule has 0 aliphatic rings. The molecule has 1 rings (SSSR count). The van der Waals surface area contributed by atoms with Gasteiger partial charge in [-0.2, -0.15) is 0 Å². The topological polar surface area (TPSA) is 78.8 Å². The van der Waals surface area contributed by atoms with Crippen molar-refractivity contribution in [1.82, 2.24) is 0 Å². The van der Waals surface area contributed by atoms with Gasteiger partial charge in [0.15, 0.2) is 5.78 Å². The summed E-state index contributed by atoms with van der Waals surface area (Å²) in [6.45, 7) is 6.31. The summed E-state index contributed by atoms with van der Waals surface area (Å²) in [4.78, 5) is 26.7. The van der Waals surface area contributed by atoms with Crippen molar-refractivity contribution in [1.29, 1.82) is 0 Å². The number of nitrogens with zero attached hydrogens (tertiary/aromatic N) is 1. The summed E-state index contributed by atoms with van der Waals surface area (Å²) < 4.78 is 0. The van der Waals surface area contributed by atoms with Gasteiger partial charge in [-0.25, -0.2) is 0 Å². The molecule has 0 bridgehead atoms. The van der Waals surface area contributed by atoms with E-state index in [0.29, 0.717) is 11.1 Å². The van der Waals surface area contributed by atoms with Crippen molar-refractivity contribution in [2.24, 2.45) is 4.99 Å². The number of Topliss-reactive ketones (excluding diaryl/α,β-unsaturated/α-hetero) is 1. The number of anilines is 1. The number of phenolic OH excluding ortho intramolecular Hbond substituents is 1. The molecule has 104 valence electrons. The van der Waals surface area contributed by atoms with Crippen LogP contribution in [-0.4, -0.2) is 23.5 Å². The van der Waals surface area contributed by atoms with Crippen molar-refractivity contribution in [2.45, 2.75) is 13.8 Å². The van der Waals surface area contributed by atoms with Gasteiger partial charge in [0, 0.05) is 17.3 Å². The Morgan fingerprint density at radius 1 is 1.35 bits per heavy atom. The second kappa shape index (κ2) is 7.04. The summed E-state index contributed by atoms with van der Waals surface area (Å²) in [5, 5.41) is 12.2. The summed E-state index contributed by atoms with van der Waals surface area (Å²) in [6, 6.07) is 4.30. The number of aromatic hydroxyl groups is 1. The first kappa shape index (κ1) is 15.4. The number of phenols is 1. The molecule has 0 unspecified atom stereocenters. The molecule has 5 nitrogen and oxygen atoms in total. The standard InChI is InChI=1S/C15H16N2O3/c1-10(5-4-8-16-3)15(20)17-13-9-12(11(2)18)6-7-14(13)19/h4-9,19H,3H2,1-2H3,(H,17,20)/b8-4-,10-5+. The number of benzene rings is 1. The first-order valence-corrected chi connectivity index (χ1v) is 5.90. The molecule has 20 heavy (non-hydrogen) atoms. The quantitative estimate of drug-likeness (QED) is 0.284. The van der Waals surface area contributed by atoms with Crippen LogP contribution < -0.4 is 5.32 Å². The normalized spacial score (nSPS) is 11.4. The van der Waals surface area contributed by atoms with Crippen molar-refractivity contribution in [3.8, 4) is 5.75 Å². The molecule has 0 aliphatic heterocycles. The lowest BCUT2D eigenvalue weighted by Gasteiger charge is -2.08. The number of hydrogen-bond acceptors (Lipinski definition) is 4. The molecule has 0 aliphatic carbocycles. The molecule has 0 atom stereocenters. The van der Waals surface area contributed by atoms with Gasteiger partial charge in [-0.1, -0.05) is 6.08 Å². The Kier molecular flexibility index (Phi) is 5.41. The number of allylic oxidation sites excluding steroid dienone is 2. The molecule has 1 amide bonds. The van der Waals surface area contributed by atoms with E-state index in [-0.39, 0.29) is 23.1 Å². The molecule has 1 aromatic carbocycles. The maximum atomic E-state index is 11.9. The molecule has 5 heteroatoms. The van der Waals surface area contributed by atoms with Gasteiger partial charge < -0.3 is 10.4 Å². The maximum absolute atomic E-state index is 11.9. The van der Waals surface area contributed by atoms with Crippen LogP contribution in [0.5, 0.6) is 5.75 Å². The Labute approximate surface area is 117 Å². The fraction of sp³-hybridized carbons (Fsp3) is 0.133. The number of ketones is 1. The van der Waals surface area contributed by atoms with Crippen LogP contribution in [0.2, 0.25) is 0 Å². The highest BCUT2D eigenvalue weighted by Crippen LogP contribution is 2.24. The lowest BCUT2D eigenvalue weighted by molar-refractivity contribution is -0.112. The van der Waals surface area contributed by atoms with Gasteiger partial charge in [-0.15, -0.1) is 0 Å². The average molecular weight is 272 g/mol. The minimum Gasteiger partial charge on any atom is -0.506 e. The van der Waals surface area contributed by atoms with Crippen LogP contribution >= 0.6 is 0 Å². The first-order valence-electron chi connectivity index (χ1n) is 5.90. The first-order chi connectivity index (χ1) is 9.45. The van der Waals surface area contributed by atoms with Crippen molar-refractivity contribution in [3.05, 3.63) is 47.7 Å². The lowest BCUT2D eigenvalue weighted by atomic mass is 10.1. The number of aliphatic imine (C=N–C) groups is 1. The van der Waals surface area contributed by atoms with Gasteiger partial charge in [0.2, 0.25) is 0 Å². The summed E-state index contributed by atoms with van der Waals surface area (Å²) >= 11 is 0. The minimum atomic E-state index is -0.380. The Balaban J connectivity index is 2.92. The third-order valence-corrected chi connectivity index (χ3v) is 2.55. The van der Waals surface area contributed by atoms with Crippen molar-refractivity contribution >= 4 is 24.1 Å². The molecule has 2 N–H and O–H groups in total. The zero-order valence-electron chi connectivity index (χ0n) is 11.4. The molecular formula is C15H16N2O3. The zero-order valence-corrected chi connectivity index (χ0v) is 11.4. The van der Waals surface area contributed by atoms with Crippen LogP contribution in [0.3, 0.4) is 0 Å². The second-order valence-electron chi connectivity index (χ2n) is 4.12. The molecule has 1 aromatic rings. The molecule has 0 saturated carbocycles. The highest BCUT2D eigenvalue weighted by molar-refractivity contribution is 6.05. The van der Waals surface area contributed by atoms with Gasteiger partial charge in [0.25, 0.3) is 5.91 Å². The molecular weight excluding hydrogens is 256 g/mol. The highest BCUT2D eigenvalue weighted by atomic mass is 16.3. The Morgan fingerprint density at radius 3 is 2.65 bits per heavy atom. The summed E-state index contributed by atoms with van der Waals surface area (Å²) in [6.07, 6.45) is 4.59. The van der Waals surface area contributed by atoms with E-state index in [0.717, 1.165) is 0 Å². The fourth-order valence-corrected chi connectivity index (χ4v) is 1.40. The van der Waals surface area contributed by atoms with Gasteiger partial charge in [0.1, 0.15) is 5.75 Å². The van der Waals surface area contributed by atoms with E-state index >= 15 is 0 Å². The van der Waals surface area contributed by atoms with E-state index in [9.17, 15) is 14.7 Å². The number of rotatable bonds is 5. The Bertz CT molecular complexity index is 601. The Morgan fingerprint density at radius 2 is 2.05 bits per heavy atom. The van der Waals surface area contributed by atoms with E-state index in [1.807, 2.05) is 0 Å². The van der Waals surface area contributed by atoms with E-state index in [1.165, 1.54) is 31.3 Å². The van der Waals surface area contributed by atoms with Crippen LogP contribution in [-0.2, 0) is 4.79 Å². The predicted molar refractivity (Wildman–Crippen MR) is 79.2 cm³/mol. The number of nitrogens with one attached hydrogen (secondary N) is 1. The van der Waals surface area contributed by atoms with E-state index in [2.05, 4.69) is 17.0 Å². The third kappa shape index (κ3) is 4.20. The molecule has 0 saturated heterocycles. The maximum Gasteiger partial charge on any atom is 0.251 e. The monoisotopic (exact) mass is 272 g/mol. The van der Waals surface area contributed by atoms with Gasteiger partial charge in [-0.3, -0.25) is 14.6 Å². The summed E-state index contributed by atoms with van der Waals surface area (Å²) in [5.41, 5.74) is 1.04. The number of carbonyl (C=O) groups is 2. The van der Waals surface area contributed by atoms with Crippen molar-refractivity contribution in [3.63, 3.8) is 0 Å². The smallest absolute Gasteiger partial charge is 0.251 e. The highest BCUT2D eigenvalue weighted by Gasteiger charge is 2.10. The zero-order chi connectivity index (χ0) is 15.1. The number of carbonyl (C=O) groups excluding carboxylic acids is 2. The van der Waals surface area contributed by atoms with E-state index in [4.69, 9.17) is 0 Å². The van der Waals surface area contributed by atoms with Gasteiger partial charge in [0.05, 0.1) is 5.69 Å². The Hall–Kier alpha value is -2.69. The molecule has 0 aromatic heterocycles. The predicted octanol–water partition coefficient (Wildman–Crippen LogP) is 2.69. The number of hydrogen-bond donors (Lipinski definition) is 2. The summed E-state index contributed by atoms with van der Waals surface area (Å²) in [5.74, 6) is -0.623. The van der Waals surface area contributed by atoms with Crippen molar-refractivity contribution in [2.75, 3.05) is 5.32 Å². The van der Waals surface area contributed by atoms with E-state index < -0.39 is 0 Å². The lowest BCUT2D eigenvalue weighted by Crippen LogP contribution is -2.13. The molecule has 0 radical (unpaired) electrons. The molecule has 0 fully saturated rings. The van der Waals surface area contributed by atoms with Crippen LogP contribution in [0.25, 0.3) is 0 Å². The van der Waals surface area contributed by atoms with Crippen LogP contribution in [0.1, 0.15) is 24.2 Å². The molecule has 0 heterocycles. The van der Waals surface area contributed by atoms with Crippen LogP contribution in [0.4, 0.5) is 5.69 Å². The third-order valence-electron chi connectivity index (χ3n) is 2.55. The van der Waals surface area contributed by atoms with Crippen molar-refractivity contribution < 1.29 is 14.7 Å². The van der Waals surface area contributed by atoms with Crippen LogP contribution in [0, 0.1) is 0 Å². The second-order valence-corrected chi connectivity index (χ2v) is 4.12. The SMILES string of the molecule is C=N/C=C\C=C(/C)C(=O)Nc1cc(C(C)=O)ccc1O. The van der Waals surface area contributed by atoms with E-state index in [1.54, 1.807) is 19.1 Å². The average Bonchev–Trinajstić information content (AvgIpc) is 2.41. The molecule has 0 spiro atoms. The van der Waals surface area contributed by atoms with Gasteiger partial charge >= 0.3 is 0 Å². The summed E-state index contributed by atoms with van der Waals surface area (Å²) in [7, 11) is 0. The number of amides is 1. The largest absolute Gasteiger partial charge is 0.506 e. The fourth-order valence-electron chi connectivity index (χ4n) is 1.40.